The number of nitrogens with zero attached hydrogens (tertiary/aromatic N) is 1. The molecule has 0 aliphatic rings. The first-order valence-corrected chi connectivity index (χ1v) is 12.6. The van der Waals surface area contributed by atoms with Crippen molar-refractivity contribution < 1.29 is 9.47 Å². The van der Waals surface area contributed by atoms with Crippen LogP contribution in [-0.4, -0.2) is 18.7 Å². The molecule has 0 saturated heterocycles. The Hall–Kier alpha value is -2.81. The highest BCUT2D eigenvalue weighted by Gasteiger charge is 2.05. The smallest absolute Gasteiger partial charge is 0.161 e. The van der Waals surface area contributed by atoms with Crippen molar-refractivity contribution in [1.29, 1.82) is 0 Å². The zero-order chi connectivity index (χ0) is 23.1. The molecule has 0 N–H and O–H groups in total. The van der Waals surface area contributed by atoms with Crippen LogP contribution >= 0.6 is 0 Å². The molecule has 3 aromatic rings. The first-order valence-electron chi connectivity index (χ1n) is 12.6. The molecule has 1 heterocycles. The van der Waals surface area contributed by atoms with Gasteiger partial charge in [-0.1, -0.05) is 101 Å². The minimum Gasteiger partial charge on any atom is -0.493 e. The van der Waals surface area contributed by atoms with Crippen molar-refractivity contribution in [3.05, 3.63) is 65.9 Å². The van der Waals surface area contributed by atoms with E-state index in [1.807, 2.05) is 42.5 Å². The van der Waals surface area contributed by atoms with Crippen molar-refractivity contribution >= 4 is 23.1 Å². The van der Waals surface area contributed by atoms with Crippen LogP contribution in [0.1, 0.15) is 82.4 Å². The fourth-order valence-electron chi connectivity index (χ4n) is 4.03. The molecule has 0 aliphatic heterocycles. The third kappa shape index (κ3) is 8.57. The lowest BCUT2D eigenvalue weighted by Gasteiger charge is -2.11. The zero-order valence-electron chi connectivity index (χ0n) is 20.4. The summed E-state index contributed by atoms with van der Waals surface area (Å²) in [5, 5.41) is 1.15. The molecule has 3 nitrogen and oxygen atoms in total. The van der Waals surface area contributed by atoms with Crippen LogP contribution in [0, 0.1) is 0 Å². The molecule has 0 saturated carbocycles. The minimum absolute atomic E-state index is 0.739. The molecule has 0 atom stereocenters. The van der Waals surface area contributed by atoms with Gasteiger partial charge in [-0.05, 0) is 42.3 Å². The number of pyridine rings is 1. The van der Waals surface area contributed by atoms with Crippen molar-refractivity contribution in [2.75, 3.05) is 13.7 Å². The van der Waals surface area contributed by atoms with E-state index in [1.165, 1.54) is 57.8 Å². The maximum Gasteiger partial charge on any atom is 0.161 e. The Morgan fingerprint density at radius 1 is 0.727 bits per heavy atom. The lowest BCUT2D eigenvalue weighted by molar-refractivity contribution is 0.284. The highest BCUT2D eigenvalue weighted by atomic mass is 16.5. The van der Waals surface area contributed by atoms with Crippen molar-refractivity contribution in [1.82, 2.24) is 4.98 Å². The SMILES string of the molecule is CCCCCCCCCCCCOc1ccc(/C=C/c2ccc3ccccc3n2)cc1OC. The first-order chi connectivity index (χ1) is 16.3. The average Bonchev–Trinajstić information content (AvgIpc) is 2.86. The molecule has 0 aliphatic carbocycles. The standard InChI is InChI=1S/C30H39NO2/c1-3-4-5-6-7-8-9-10-11-14-23-33-29-22-18-25(24-30(29)32-2)17-20-27-21-19-26-15-12-13-16-28(26)31-27/h12-13,15-22,24H,3-11,14,23H2,1-2H3/b20-17+. The quantitative estimate of drug-likeness (QED) is 0.219. The van der Waals surface area contributed by atoms with Gasteiger partial charge in [0, 0.05) is 5.39 Å². The van der Waals surface area contributed by atoms with E-state index >= 15 is 0 Å². The molecule has 33 heavy (non-hydrogen) atoms. The first kappa shape index (κ1) is 24.8. The van der Waals surface area contributed by atoms with E-state index in [4.69, 9.17) is 14.5 Å². The molecular weight excluding hydrogens is 406 g/mol. The van der Waals surface area contributed by atoms with Gasteiger partial charge in [-0.3, -0.25) is 0 Å². The Labute approximate surface area is 199 Å². The third-order valence-electron chi connectivity index (χ3n) is 6.01. The summed E-state index contributed by atoms with van der Waals surface area (Å²) in [7, 11) is 1.70. The van der Waals surface area contributed by atoms with E-state index in [2.05, 4.69) is 31.2 Å². The maximum absolute atomic E-state index is 6.00. The highest BCUT2D eigenvalue weighted by Crippen LogP contribution is 2.29. The number of hydrogen-bond acceptors (Lipinski definition) is 3. The van der Waals surface area contributed by atoms with Gasteiger partial charge in [-0.2, -0.15) is 0 Å². The van der Waals surface area contributed by atoms with Gasteiger partial charge >= 0.3 is 0 Å². The van der Waals surface area contributed by atoms with E-state index in [1.54, 1.807) is 7.11 Å². The molecule has 176 valence electrons. The molecular formula is C30H39NO2. The van der Waals surface area contributed by atoms with E-state index in [-0.39, 0.29) is 0 Å². The normalized spacial score (nSPS) is 11.3. The second kappa shape index (κ2) is 14.4. The van der Waals surface area contributed by atoms with Crippen LogP contribution in [0.3, 0.4) is 0 Å². The van der Waals surface area contributed by atoms with Crippen molar-refractivity contribution in [2.24, 2.45) is 0 Å². The summed E-state index contributed by atoms with van der Waals surface area (Å²) < 4.78 is 11.6. The molecule has 0 unspecified atom stereocenters. The summed E-state index contributed by atoms with van der Waals surface area (Å²) in [6.45, 7) is 3.01. The number of methoxy groups -OCH3 is 1. The van der Waals surface area contributed by atoms with Crippen LogP contribution in [0.15, 0.2) is 54.6 Å². The summed E-state index contributed by atoms with van der Waals surface area (Å²) >= 11 is 0. The lowest BCUT2D eigenvalue weighted by Crippen LogP contribution is -1.99. The minimum atomic E-state index is 0.739. The molecule has 0 spiro atoms. The van der Waals surface area contributed by atoms with Gasteiger partial charge in [0.05, 0.1) is 24.9 Å². The second-order valence-electron chi connectivity index (χ2n) is 8.70. The summed E-state index contributed by atoms with van der Waals surface area (Å²) in [4.78, 5) is 4.70. The molecule has 0 bridgehead atoms. The predicted octanol–water partition coefficient (Wildman–Crippen LogP) is 8.71. The number of para-hydroxylation sites is 1. The predicted molar refractivity (Wildman–Crippen MR) is 141 cm³/mol. The average molecular weight is 446 g/mol. The number of aromatic nitrogens is 1. The fraction of sp³-hybridized carbons (Fsp3) is 0.433. The van der Waals surface area contributed by atoms with Gasteiger partial charge in [-0.25, -0.2) is 4.98 Å². The number of hydrogen-bond donors (Lipinski definition) is 0. The fourth-order valence-corrected chi connectivity index (χ4v) is 4.03. The summed E-state index contributed by atoms with van der Waals surface area (Å²) in [6, 6.07) is 18.4. The van der Waals surface area contributed by atoms with Crippen LogP contribution in [-0.2, 0) is 0 Å². The van der Waals surface area contributed by atoms with Gasteiger partial charge in [-0.15, -0.1) is 0 Å². The lowest BCUT2D eigenvalue weighted by atomic mass is 10.1. The summed E-state index contributed by atoms with van der Waals surface area (Å²) in [6.07, 6.45) is 17.4. The molecule has 0 amide bonds. The zero-order valence-corrected chi connectivity index (χ0v) is 20.4. The van der Waals surface area contributed by atoms with Gasteiger partial charge < -0.3 is 9.47 Å². The van der Waals surface area contributed by atoms with Crippen molar-refractivity contribution in [2.45, 2.75) is 71.1 Å². The Kier molecular flexibility index (Phi) is 10.8. The van der Waals surface area contributed by atoms with Crippen molar-refractivity contribution in [3.63, 3.8) is 0 Å². The Balaban J connectivity index is 1.41. The number of fused-ring (bicyclic) bond motifs is 1. The van der Waals surface area contributed by atoms with E-state index in [0.29, 0.717) is 0 Å². The van der Waals surface area contributed by atoms with Gasteiger partial charge in [0.15, 0.2) is 11.5 Å². The van der Waals surface area contributed by atoms with Gasteiger partial charge in [0.1, 0.15) is 0 Å². The molecule has 3 rings (SSSR count). The Morgan fingerprint density at radius 3 is 2.21 bits per heavy atom. The molecule has 3 heteroatoms. The van der Waals surface area contributed by atoms with Crippen LogP contribution in [0.4, 0.5) is 0 Å². The van der Waals surface area contributed by atoms with Crippen LogP contribution in [0.25, 0.3) is 23.1 Å². The van der Waals surface area contributed by atoms with E-state index in [9.17, 15) is 0 Å². The largest absolute Gasteiger partial charge is 0.493 e. The Bertz CT molecular complexity index is 996. The summed E-state index contributed by atoms with van der Waals surface area (Å²) in [5.41, 5.74) is 3.01. The molecule has 0 fully saturated rings. The highest BCUT2D eigenvalue weighted by molar-refractivity contribution is 5.80. The van der Waals surface area contributed by atoms with Crippen LogP contribution in [0.2, 0.25) is 0 Å². The molecule has 1 aromatic heterocycles. The Morgan fingerprint density at radius 2 is 1.45 bits per heavy atom. The monoisotopic (exact) mass is 445 g/mol. The van der Waals surface area contributed by atoms with Crippen molar-refractivity contribution in [3.8, 4) is 11.5 Å². The third-order valence-corrected chi connectivity index (χ3v) is 6.01. The number of rotatable bonds is 15. The van der Waals surface area contributed by atoms with Gasteiger partial charge in [0.2, 0.25) is 0 Å². The number of unbranched alkanes of at least 4 members (excludes halogenated alkanes) is 9. The van der Waals surface area contributed by atoms with E-state index < -0.39 is 0 Å². The maximum atomic E-state index is 6.00. The summed E-state index contributed by atoms with van der Waals surface area (Å²) in [5.74, 6) is 1.59. The number of benzene rings is 2. The van der Waals surface area contributed by atoms with Crippen LogP contribution in [0.5, 0.6) is 11.5 Å². The second-order valence-corrected chi connectivity index (χ2v) is 8.70. The topological polar surface area (TPSA) is 31.4 Å². The number of ether oxygens (including phenoxy) is 2. The van der Waals surface area contributed by atoms with Gasteiger partial charge in [0.25, 0.3) is 0 Å². The van der Waals surface area contributed by atoms with E-state index in [0.717, 1.165) is 46.7 Å². The molecule has 2 aromatic carbocycles. The molecule has 0 radical (unpaired) electrons. The van der Waals surface area contributed by atoms with Crippen LogP contribution < -0.4 is 9.47 Å².